The quantitative estimate of drug-likeness (QED) is 0.299. The normalized spacial score (nSPS) is 15.3. The van der Waals surface area contributed by atoms with Crippen molar-refractivity contribution < 1.29 is 23.9 Å². The van der Waals surface area contributed by atoms with E-state index < -0.39 is 11.8 Å². The first-order valence-electron chi connectivity index (χ1n) is 10.1. The second-order valence-corrected chi connectivity index (χ2v) is 7.58. The summed E-state index contributed by atoms with van der Waals surface area (Å²) in [6.07, 6.45) is 1.57. The number of thiocarbonyl (C=S) groups is 1. The van der Waals surface area contributed by atoms with Crippen molar-refractivity contribution in [3.05, 3.63) is 58.4 Å². The third kappa shape index (κ3) is 4.63. The van der Waals surface area contributed by atoms with E-state index in [1.165, 1.54) is 12.0 Å². The van der Waals surface area contributed by atoms with Crippen molar-refractivity contribution in [3.8, 4) is 5.69 Å². The molecule has 9 heteroatoms. The van der Waals surface area contributed by atoms with Crippen molar-refractivity contribution in [3.63, 3.8) is 0 Å². The summed E-state index contributed by atoms with van der Waals surface area (Å²) >= 11 is 5.13. The molecule has 2 amide bonds. The average Bonchev–Trinajstić information content (AvgIpc) is 3.04. The molecule has 1 aromatic carbocycles. The number of aromatic nitrogens is 1. The van der Waals surface area contributed by atoms with Crippen LogP contribution >= 0.6 is 12.2 Å². The van der Waals surface area contributed by atoms with E-state index in [0.29, 0.717) is 18.8 Å². The van der Waals surface area contributed by atoms with Crippen molar-refractivity contribution in [2.24, 2.45) is 0 Å². The lowest BCUT2D eigenvalue weighted by molar-refractivity contribution is -0.129. The standard InChI is InChI=1S/C23H25N3O5S/c1-5-31-22(29)16-6-8-18(9-7-16)26-14(2)12-17(15(26)3)13-19-20(27)24-23(32)25(21(19)28)10-11-30-4/h6-9,12-13H,5,10-11H2,1-4H3,(H,24,27,32)/b19-13+. The third-order valence-electron chi connectivity index (χ3n) is 5.11. The predicted molar refractivity (Wildman–Crippen MR) is 124 cm³/mol. The molecule has 0 unspecified atom stereocenters. The summed E-state index contributed by atoms with van der Waals surface area (Å²) in [6, 6.07) is 8.96. The van der Waals surface area contributed by atoms with Crippen LogP contribution in [0, 0.1) is 13.8 Å². The van der Waals surface area contributed by atoms with Gasteiger partial charge < -0.3 is 14.0 Å². The van der Waals surface area contributed by atoms with Crippen LogP contribution in [0.1, 0.15) is 34.2 Å². The van der Waals surface area contributed by atoms with Crippen LogP contribution in [0.25, 0.3) is 11.8 Å². The zero-order valence-corrected chi connectivity index (χ0v) is 19.2. The maximum absolute atomic E-state index is 12.9. The summed E-state index contributed by atoms with van der Waals surface area (Å²) in [6.45, 7) is 6.45. The van der Waals surface area contributed by atoms with Crippen LogP contribution in [-0.4, -0.2) is 59.2 Å². The Hall–Kier alpha value is -3.30. The van der Waals surface area contributed by atoms with E-state index in [1.807, 2.05) is 36.6 Å². The van der Waals surface area contributed by atoms with Gasteiger partial charge in [-0.1, -0.05) is 0 Å². The van der Waals surface area contributed by atoms with Crippen molar-refractivity contribution in [1.29, 1.82) is 0 Å². The summed E-state index contributed by atoms with van der Waals surface area (Å²) in [5, 5.41) is 2.63. The van der Waals surface area contributed by atoms with Crippen LogP contribution < -0.4 is 5.32 Å². The lowest BCUT2D eigenvalue weighted by Crippen LogP contribution is -2.54. The number of nitrogens with one attached hydrogen (secondary N) is 1. The molecule has 0 radical (unpaired) electrons. The molecule has 0 spiro atoms. The highest BCUT2D eigenvalue weighted by Gasteiger charge is 2.33. The smallest absolute Gasteiger partial charge is 0.338 e. The number of hydrogen-bond donors (Lipinski definition) is 1. The van der Waals surface area contributed by atoms with Gasteiger partial charge in [0.05, 0.1) is 25.3 Å². The minimum absolute atomic E-state index is 0.00705. The van der Waals surface area contributed by atoms with Gasteiger partial charge in [0.15, 0.2) is 5.11 Å². The predicted octanol–water partition coefficient (Wildman–Crippen LogP) is 2.54. The molecular formula is C23H25N3O5S. The topological polar surface area (TPSA) is 89.9 Å². The fourth-order valence-electron chi connectivity index (χ4n) is 3.53. The molecule has 0 atom stereocenters. The Morgan fingerprint density at radius 2 is 1.88 bits per heavy atom. The number of nitrogens with zero attached hydrogens (tertiary/aromatic N) is 2. The van der Waals surface area contributed by atoms with Crippen molar-refractivity contribution in [2.75, 3.05) is 26.9 Å². The lowest BCUT2D eigenvalue weighted by Gasteiger charge is -2.28. The third-order valence-corrected chi connectivity index (χ3v) is 5.43. The Balaban J connectivity index is 1.94. The first kappa shape index (κ1) is 23.4. The Bertz CT molecular complexity index is 1100. The summed E-state index contributed by atoms with van der Waals surface area (Å²) in [5.74, 6) is -1.36. The zero-order chi connectivity index (χ0) is 23.4. The van der Waals surface area contributed by atoms with Gasteiger partial charge in [-0.3, -0.25) is 19.8 Å². The maximum atomic E-state index is 12.9. The van der Waals surface area contributed by atoms with Gasteiger partial charge in [-0.25, -0.2) is 4.79 Å². The molecule has 1 saturated heterocycles. The van der Waals surface area contributed by atoms with E-state index >= 15 is 0 Å². The highest BCUT2D eigenvalue weighted by Crippen LogP contribution is 2.24. The molecule has 0 saturated carbocycles. The van der Waals surface area contributed by atoms with Crippen LogP contribution in [0.15, 0.2) is 35.9 Å². The second kappa shape index (κ2) is 9.88. The van der Waals surface area contributed by atoms with Crippen molar-refractivity contribution in [2.45, 2.75) is 20.8 Å². The number of aryl methyl sites for hydroxylation is 1. The van der Waals surface area contributed by atoms with Crippen molar-refractivity contribution >= 4 is 41.2 Å². The van der Waals surface area contributed by atoms with Crippen LogP contribution in [0.4, 0.5) is 0 Å². The molecule has 8 nitrogen and oxygen atoms in total. The number of hydrogen-bond acceptors (Lipinski definition) is 6. The van der Waals surface area contributed by atoms with E-state index in [1.54, 1.807) is 25.1 Å². The Morgan fingerprint density at radius 1 is 1.19 bits per heavy atom. The second-order valence-electron chi connectivity index (χ2n) is 7.20. The number of rotatable bonds is 7. The molecule has 32 heavy (non-hydrogen) atoms. The molecule has 0 aliphatic carbocycles. The molecule has 2 aromatic rings. The molecule has 3 rings (SSSR count). The Labute approximate surface area is 191 Å². The minimum atomic E-state index is -0.530. The van der Waals surface area contributed by atoms with Gasteiger partial charge in [-0.2, -0.15) is 0 Å². The van der Waals surface area contributed by atoms with Crippen LogP contribution in [0.5, 0.6) is 0 Å². The molecule has 1 aliphatic rings. The van der Waals surface area contributed by atoms with Crippen molar-refractivity contribution in [1.82, 2.24) is 14.8 Å². The first-order chi connectivity index (χ1) is 15.3. The lowest BCUT2D eigenvalue weighted by atomic mass is 10.1. The molecule has 1 fully saturated rings. The van der Waals surface area contributed by atoms with Gasteiger partial charge in [0, 0.05) is 24.2 Å². The van der Waals surface area contributed by atoms with E-state index in [9.17, 15) is 14.4 Å². The van der Waals surface area contributed by atoms with Crippen LogP contribution in [0.3, 0.4) is 0 Å². The van der Waals surface area contributed by atoms with E-state index in [-0.39, 0.29) is 23.2 Å². The maximum Gasteiger partial charge on any atom is 0.338 e. The van der Waals surface area contributed by atoms with E-state index in [2.05, 4.69) is 5.32 Å². The average molecular weight is 456 g/mol. The number of ether oxygens (including phenoxy) is 2. The van der Waals surface area contributed by atoms with Crippen LogP contribution in [-0.2, 0) is 19.1 Å². The molecular weight excluding hydrogens is 430 g/mol. The zero-order valence-electron chi connectivity index (χ0n) is 18.4. The molecule has 0 bridgehead atoms. The number of carbonyl (C=O) groups excluding carboxylic acids is 3. The summed E-state index contributed by atoms with van der Waals surface area (Å²) in [7, 11) is 1.53. The number of carbonyl (C=O) groups is 3. The van der Waals surface area contributed by atoms with Crippen LogP contribution in [0.2, 0.25) is 0 Å². The number of methoxy groups -OCH3 is 1. The van der Waals surface area contributed by atoms with Gasteiger partial charge in [0.2, 0.25) is 0 Å². The summed E-state index contributed by atoms with van der Waals surface area (Å²) in [4.78, 5) is 38.6. The highest BCUT2D eigenvalue weighted by atomic mass is 32.1. The van der Waals surface area contributed by atoms with Gasteiger partial charge >= 0.3 is 5.97 Å². The van der Waals surface area contributed by atoms with Gasteiger partial charge in [0.1, 0.15) is 5.57 Å². The first-order valence-corrected chi connectivity index (χ1v) is 10.5. The molecule has 2 heterocycles. The fraction of sp³-hybridized carbons (Fsp3) is 0.304. The SMILES string of the molecule is CCOC(=O)c1ccc(-n2c(C)cc(/C=C3\C(=O)NC(=S)N(CCOC)C3=O)c2C)cc1. The largest absolute Gasteiger partial charge is 0.462 e. The fourth-order valence-corrected chi connectivity index (χ4v) is 3.79. The molecule has 1 aromatic heterocycles. The highest BCUT2D eigenvalue weighted by molar-refractivity contribution is 7.80. The number of esters is 1. The van der Waals surface area contributed by atoms with Gasteiger partial charge in [-0.05, 0) is 75.0 Å². The summed E-state index contributed by atoms with van der Waals surface area (Å²) in [5.41, 5.74) is 3.81. The number of benzene rings is 1. The van der Waals surface area contributed by atoms with E-state index in [4.69, 9.17) is 21.7 Å². The minimum Gasteiger partial charge on any atom is -0.462 e. The number of amides is 2. The Kier molecular flexibility index (Phi) is 7.22. The van der Waals surface area contributed by atoms with Gasteiger partial charge in [0.25, 0.3) is 11.8 Å². The summed E-state index contributed by atoms with van der Waals surface area (Å²) < 4.78 is 12.0. The molecule has 1 aliphatic heterocycles. The molecule has 168 valence electrons. The van der Waals surface area contributed by atoms with E-state index in [0.717, 1.165) is 22.6 Å². The molecule has 1 N–H and O–H groups in total. The van der Waals surface area contributed by atoms with Gasteiger partial charge in [-0.15, -0.1) is 0 Å². The Morgan fingerprint density at radius 3 is 2.50 bits per heavy atom. The monoisotopic (exact) mass is 455 g/mol.